The first-order valence-corrected chi connectivity index (χ1v) is 9.35. The maximum Gasteiger partial charge on any atom is 0.133 e. The van der Waals surface area contributed by atoms with Gasteiger partial charge >= 0.3 is 0 Å². The molecule has 6 heteroatoms. The van der Waals surface area contributed by atoms with Gasteiger partial charge in [-0.15, -0.1) is 0 Å². The predicted molar refractivity (Wildman–Crippen MR) is 100 cm³/mol. The highest BCUT2D eigenvalue weighted by Gasteiger charge is 2.30. The van der Waals surface area contributed by atoms with Gasteiger partial charge in [0.15, 0.2) is 0 Å². The molecule has 4 nitrogen and oxygen atoms in total. The molecule has 1 fully saturated rings. The molecular formula is C20H19BrFNO3. The Hall–Kier alpha value is -1.73. The fourth-order valence-electron chi connectivity index (χ4n) is 3.35. The smallest absolute Gasteiger partial charge is 0.133 e. The molecule has 0 bridgehead atoms. The van der Waals surface area contributed by atoms with E-state index in [4.69, 9.17) is 9.47 Å². The van der Waals surface area contributed by atoms with Crippen molar-refractivity contribution >= 4 is 21.5 Å². The van der Waals surface area contributed by atoms with Gasteiger partial charge in [-0.25, -0.2) is 4.39 Å². The quantitative estimate of drug-likeness (QED) is 0.822. The maximum absolute atomic E-state index is 13.4. The Bertz CT molecular complexity index is 831. The van der Waals surface area contributed by atoms with Gasteiger partial charge in [0.05, 0.1) is 19.8 Å². The second-order valence-corrected chi connectivity index (χ2v) is 7.33. The molecule has 2 heterocycles. The van der Waals surface area contributed by atoms with Gasteiger partial charge in [-0.2, -0.15) is 0 Å². The average molecular weight is 420 g/mol. The standard InChI is InChI=1S/C20H19BrFNO3/c21-14-3-6-17-16(11-14)20(24)19(13-1-4-15(22)5-2-13)18(26-17)12-23-7-9-25-10-8-23/h1-6,11,20,24H,7-10,12H2. The SMILES string of the molecule is OC1C(c2ccc(F)cc2)=C(CN2CCOCC2)Oc2ccc(Br)cc21. The molecule has 1 N–H and O–H groups in total. The van der Waals surface area contributed by atoms with Crippen molar-refractivity contribution in [2.75, 3.05) is 32.8 Å². The van der Waals surface area contributed by atoms with E-state index in [0.29, 0.717) is 42.4 Å². The van der Waals surface area contributed by atoms with Crippen LogP contribution >= 0.6 is 15.9 Å². The number of benzene rings is 2. The van der Waals surface area contributed by atoms with Gasteiger partial charge in [0, 0.05) is 28.7 Å². The molecule has 136 valence electrons. The highest BCUT2D eigenvalue weighted by atomic mass is 79.9. The van der Waals surface area contributed by atoms with E-state index >= 15 is 0 Å². The van der Waals surface area contributed by atoms with Gasteiger partial charge in [-0.05, 0) is 35.9 Å². The zero-order valence-corrected chi connectivity index (χ0v) is 15.7. The molecule has 1 saturated heterocycles. The number of aliphatic hydroxyl groups is 1. The molecule has 2 aromatic carbocycles. The van der Waals surface area contributed by atoms with Crippen LogP contribution in [0, 0.1) is 5.82 Å². The lowest BCUT2D eigenvalue weighted by Crippen LogP contribution is -2.39. The summed E-state index contributed by atoms with van der Waals surface area (Å²) >= 11 is 3.44. The summed E-state index contributed by atoms with van der Waals surface area (Å²) in [5.74, 6) is 1.04. The number of halogens is 2. The van der Waals surface area contributed by atoms with E-state index in [2.05, 4.69) is 20.8 Å². The summed E-state index contributed by atoms with van der Waals surface area (Å²) in [6, 6.07) is 11.8. The van der Waals surface area contributed by atoms with E-state index < -0.39 is 6.10 Å². The van der Waals surface area contributed by atoms with Gasteiger partial charge < -0.3 is 14.6 Å². The molecule has 1 atom stereocenters. The number of hydrogen-bond acceptors (Lipinski definition) is 4. The molecule has 26 heavy (non-hydrogen) atoms. The molecule has 0 aliphatic carbocycles. The summed E-state index contributed by atoms with van der Waals surface area (Å²) in [6.07, 6.45) is -0.835. The Morgan fingerprint density at radius 1 is 1.12 bits per heavy atom. The van der Waals surface area contributed by atoms with Crippen molar-refractivity contribution in [1.82, 2.24) is 4.90 Å². The lowest BCUT2D eigenvalue weighted by molar-refractivity contribution is 0.0381. The lowest BCUT2D eigenvalue weighted by atomic mass is 9.91. The van der Waals surface area contributed by atoms with E-state index in [1.54, 1.807) is 12.1 Å². The number of hydrogen-bond donors (Lipinski definition) is 1. The second-order valence-electron chi connectivity index (χ2n) is 6.42. The van der Waals surface area contributed by atoms with E-state index in [9.17, 15) is 9.50 Å². The van der Waals surface area contributed by atoms with Gasteiger partial charge in [0.1, 0.15) is 23.4 Å². The third kappa shape index (κ3) is 3.55. The van der Waals surface area contributed by atoms with Crippen LogP contribution in [0.5, 0.6) is 5.75 Å². The molecular weight excluding hydrogens is 401 g/mol. The van der Waals surface area contributed by atoms with Crippen molar-refractivity contribution in [3.05, 3.63) is 69.6 Å². The zero-order chi connectivity index (χ0) is 18.1. The van der Waals surface area contributed by atoms with Crippen molar-refractivity contribution in [3.8, 4) is 5.75 Å². The lowest BCUT2D eigenvalue weighted by Gasteiger charge is -2.32. The van der Waals surface area contributed by atoms with Crippen LogP contribution in [0.25, 0.3) is 5.57 Å². The summed E-state index contributed by atoms with van der Waals surface area (Å²) in [5.41, 5.74) is 2.14. The maximum atomic E-state index is 13.4. The average Bonchev–Trinajstić information content (AvgIpc) is 2.65. The molecule has 2 aliphatic rings. The van der Waals surface area contributed by atoms with Crippen LogP contribution in [0.2, 0.25) is 0 Å². The van der Waals surface area contributed by atoms with Crippen LogP contribution in [0.15, 0.2) is 52.7 Å². The Balaban J connectivity index is 1.76. The molecule has 0 aromatic heterocycles. The van der Waals surface area contributed by atoms with Crippen molar-refractivity contribution < 1.29 is 19.0 Å². The second kappa shape index (κ2) is 7.48. The Kier molecular flexibility index (Phi) is 5.09. The summed E-state index contributed by atoms with van der Waals surface area (Å²) in [6.45, 7) is 3.57. The van der Waals surface area contributed by atoms with E-state index in [1.165, 1.54) is 12.1 Å². The van der Waals surface area contributed by atoms with E-state index in [1.807, 2.05) is 18.2 Å². The summed E-state index contributed by atoms with van der Waals surface area (Å²) in [7, 11) is 0. The normalized spacial score (nSPS) is 20.7. The molecule has 0 amide bonds. The third-order valence-corrected chi connectivity index (χ3v) is 5.19. The molecule has 2 aromatic rings. The van der Waals surface area contributed by atoms with Crippen molar-refractivity contribution in [2.45, 2.75) is 6.10 Å². The first-order chi connectivity index (χ1) is 12.6. The first kappa shape index (κ1) is 17.7. The summed E-state index contributed by atoms with van der Waals surface area (Å²) in [4.78, 5) is 2.24. The molecule has 0 saturated carbocycles. The fraction of sp³-hybridized carbons (Fsp3) is 0.300. The molecule has 1 unspecified atom stereocenters. The highest BCUT2D eigenvalue weighted by Crippen LogP contribution is 2.43. The van der Waals surface area contributed by atoms with E-state index in [-0.39, 0.29) is 5.82 Å². The summed E-state index contributed by atoms with van der Waals surface area (Å²) < 4.78 is 25.8. The van der Waals surface area contributed by atoms with Gasteiger partial charge in [0.2, 0.25) is 0 Å². The number of nitrogens with zero attached hydrogens (tertiary/aromatic N) is 1. The number of rotatable bonds is 3. The summed E-state index contributed by atoms with van der Waals surface area (Å²) in [5, 5.41) is 11.1. The highest BCUT2D eigenvalue weighted by molar-refractivity contribution is 9.10. The number of ether oxygens (including phenoxy) is 2. The van der Waals surface area contributed by atoms with Crippen LogP contribution < -0.4 is 4.74 Å². The minimum atomic E-state index is -0.835. The van der Waals surface area contributed by atoms with Crippen LogP contribution in [-0.2, 0) is 4.74 Å². The van der Waals surface area contributed by atoms with E-state index in [0.717, 1.165) is 23.1 Å². The number of fused-ring (bicyclic) bond motifs is 1. The van der Waals surface area contributed by atoms with Crippen molar-refractivity contribution in [3.63, 3.8) is 0 Å². The Morgan fingerprint density at radius 3 is 2.58 bits per heavy atom. The minimum absolute atomic E-state index is 0.307. The first-order valence-electron chi connectivity index (χ1n) is 8.56. The Morgan fingerprint density at radius 2 is 1.85 bits per heavy atom. The Labute approximate surface area is 160 Å². The van der Waals surface area contributed by atoms with Crippen LogP contribution in [-0.4, -0.2) is 42.9 Å². The fourth-order valence-corrected chi connectivity index (χ4v) is 3.73. The van der Waals surface area contributed by atoms with Gasteiger partial charge in [-0.1, -0.05) is 28.1 Å². The minimum Gasteiger partial charge on any atom is -0.460 e. The predicted octanol–water partition coefficient (Wildman–Crippen LogP) is 3.76. The van der Waals surface area contributed by atoms with Crippen LogP contribution in [0.3, 0.4) is 0 Å². The molecule has 2 aliphatic heterocycles. The molecule has 0 spiro atoms. The largest absolute Gasteiger partial charge is 0.460 e. The van der Waals surface area contributed by atoms with Gasteiger partial charge in [-0.3, -0.25) is 4.90 Å². The van der Waals surface area contributed by atoms with Crippen LogP contribution in [0.1, 0.15) is 17.2 Å². The topological polar surface area (TPSA) is 41.9 Å². The number of aliphatic hydroxyl groups excluding tert-OH is 1. The third-order valence-electron chi connectivity index (χ3n) is 4.70. The molecule has 0 radical (unpaired) electrons. The van der Waals surface area contributed by atoms with Crippen molar-refractivity contribution in [2.24, 2.45) is 0 Å². The van der Waals surface area contributed by atoms with Crippen LogP contribution in [0.4, 0.5) is 4.39 Å². The monoisotopic (exact) mass is 419 g/mol. The molecule has 4 rings (SSSR count). The van der Waals surface area contributed by atoms with Crippen molar-refractivity contribution in [1.29, 1.82) is 0 Å². The van der Waals surface area contributed by atoms with Gasteiger partial charge in [0.25, 0.3) is 0 Å². The number of morpholine rings is 1. The zero-order valence-electron chi connectivity index (χ0n) is 14.1.